The molecular formula is C22H26N4O4. The highest BCUT2D eigenvalue weighted by Gasteiger charge is 2.24. The third-order valence-electron chi connectivity index (χ3n) is 5.33. The zero-order chi connectivity index (χ0) is 21.7. The summed E-state index contributed by atoms with van der Waals surface area (Å²) < 4.78 is 0. The van der Waals surface area contributed by atoms with E-state index < -0.39 is 4.92 Å². The van der Waals surface area contributed by atoms with E-state index in [2.05, 4.69) is 10.2 Å². The predicted octanol–water partition coefficient (Wildman–Crippen LogP) is 3.22. The number of anilines is 1. The Balaban J connectivity index is 1.83. The van der Waals surface area contributed by atoms with Gasteiger partial charge in [0.15, 0.2) is 0 Å². The summed E-state index contributed by atoms with van der Waals surface area (Å²) in [6, 6.07) is 11.5. The van der Waals surface area contributed by atoms with Crippen LogP contribution in [0.1, 0.15) is 45.5 Å². The second-order valence-corrected chi connectivity index (χ2v) is 7.44. The molecule has 0 atom stereocenters. The molecule has 0 saturated carbocycles. The number of carbonyl (C=O) groups is 2. The standard InChI is InChI=1S/C22H26N4O4/c1-23-21(27)17-8-6-16(7-9-17)15-24(2)22(28)19-14-18(26(29)30)10-11-20(19)25-12-4-3-5-13-25/h6-11,14H,3-5,12-13,15H2,1-2H3,(H,23,27). The summed E-state index contributed by atoms with van der Waals surface area (Å²) in [6.45, 7) is 2.00. The molecule has 1 heterocycles. The molecule has 2 amide bonds. The molecule has 1 N–H and O–H groups in total. The third-order valence-corrected chi connectivity index (χ3v) is 5.33. The Morgan fingerprint density at radius 2 is 1.77 bits per heavy atom. The van der Waals surface area contributed by atoms with Crippen LogP contribution in [-0.4, -0.2) is 48.8 Å². The first-order chi connectivity index (χ1) is 14.4. The highest BCUT2D eigenvalue weighted by atomic mass is 16.6. The van der Waals surface area contributed by atoms with Crippen molar-refractivity contribution in [2.45, 2.75) is 25.8 Å². The summed E-state index contributed by atoms with van der Waals surface area (Å²) >= 11 is 0. The van der Waals surface area contributed by atoms with E-state index in [1.54, 1.807) is 49.3 Å². The first-order valence-corrected chi connectivity index (χ1v) is 10.0. The number of amides is 2. The SMILES string of the molecule is CNC(=O)c1ccc(CN(C)C(=O)c2cc([N+](=O)[O-])ccc2N2CCCCC2)cc1. The van der Waals surface area contributed by atoms with Crippen LogP contribution in [0.5, 0.6) is 0 Å². The van der Waals surface area contributed by atoms with Gasteiger partial charge in [0.25, 0.3) is 17.5 Å². The van der Waals surface area contributed by atoms with E-state index >= 15 is 0 Å². The number of non-ortho nitro benzene ring substituents is 1. The molecule has 8 heteroatoms. The lowest BCUT2D eigenvalue weighted by Gasteiger charge is -2.31. The molecule has 158 valence electrons. The third kappa shape index (κ3) is 4.76. The molecule has 8 nitrogen and oxygen atoms in total. The molecule has 1 aliphatic rings. The van der Waals surface area contributed by atoms with Gasteiger partial charge in [0.2, 0.25) is 0 Å². The van der Waals surface area contributed by atoms with Crippen LogP contribution >= 0.6 is 0 Å². The van der Waals surface area contributed by atoms with Crippen LogP contribution in [0.2, 0.25) is 0 Å². The van der Waals surface area contributed by atoms with Gasteiger partial charge in [-0.1, -0.05) is 12.1 Å². The fraction of sp³-hybridized carbons (Fsp3) is 0.364. The molecule has 1 fully saturated rings. The van der Waals surface area contributed by atoms with Crippen LogP contribution in [0.25, 0.3) is 0 Å². The van der Waals surface area contributed by atoms with Crippen molar-refractivity contribution in [1.29, 1.82) is 0 Å². The Morgan fingerprint density at radius 3 is 2.37 bits per heavy atom. The molecule has 3 rings (SSSR count). The van der Waals surface area contributed by atoms with Gasteiger partial charge >= 0.3 is 0 Å². The van der Waals surface area contributed by atoms with E-state index in [9.17, 15) is 19.7 Å². The lowest BCUT2D eigenvalue weighted by molar-refractivity contribution is -0.384. The van der Waals surface area contributed by atoms with Crippen LogP contribution < -0.4 is 10.2 Å². The number of hydrogen-bond acceptors (Lipinski definition) is 5. The van der Waals surface area contributed by atoms with Gasteiger partial charge in [-0.15, -0.1) is 0 Å². The zero-order valence-electron chi connectivity index (χ0n) is 17.3. The summed E-state index contributed by atoms with van der Waals surface area (Å²) in [6.07, 6.45) is 3.23. The lowest BCUT2D eigenvalue weighted by atomic mass is 10.0. The van der Waals surface area contributed by atoms with Crippen molar-refractivity contribution < 1.29 is 14.5 Å². The minimum atomic E-state index is -0.478. The van der Waals surface area contributed by atoms with E-state index in [0.29, 0.717) is 17.7 Å². The van der Waals surface area contributed by atoms with Crippen LogP contribution in [0.15, 0.2) is 42.5 Å². The van der Waals surface area contributed by atoms with Crippen molar-refractivity contribution in [2.75, 3.05) is 32.1 Å². The Morgan fingerprint density at radius 1 is 1.10 bits per heavy atom. The number of piperidine rings is 1. The van der Waals surface area contributed by atoms with Crippen LogP contribution in [0.4, 0.5) is 11.4 Å². The van der Waals surface area contributed by atoms with Gasteiger partial charge in [0.05, 0.1) is 16.2 Å². The van der Waals surface area contributed by atoms with E-state index in [4.69, 9.17) is 0 Å². The highest BCUT2D eigenvalue weighted by molar-refractivity contribution is 6.00. The number of hydrogen-bond donors (Lipinski definition) is 1. The summed E-state index contributed by atoms with van der Waals surface area (Å²) in [5.41, 5.74) is 2.40. The monoisotopic (exact) mass is 410 g/mol. The molecule has 0 unspecified atom stereocenters. The lowest BCUT2D eigenvalue weighted by Crippen LogP contribution is -2.33. The average molecular weight is 410 g/mol. The van der Waals surface area contributed by atoms with Gasteiger partial charge in [0, 0.05) is 51.4 Å². The number of benzene rings is 2. The van der Waals surface area contributed by atoms with Gasteiger partial charge in [-0.05, 0) is 43.0 Å². The number of nitro groups is 1. The molecular weight excluding hydrogens is 384 g/mol. The molecule has 0 radical (unpaired) electrons. The van der Waals surface area contributed by atoms with E-state index in [0.717, 1.165) is 43.6 Å². The van der Waals surface area contributed by atoms with E-state index in [1.807, 2.05) is 0 Å². The van der Waals surface area contributed by atoms with Crippen molar-refractivity contribution in [1.82, 2.24) is 10.2 Å². The van der Waals surface area contributed by atoms with Crippen LogP contribution in [-0.2, 0) is 6.54 Å². The maximum absolute atomic E-state index is 13.2. The Kier molecular flexibility index (Phi) is 6.66. The number of rotatable bonds is 6. The molecule has 0 aromatic heterocycles. The second kappa shape index (κ2) is 9.39. The van der Waals surface area contributed by atoms with Crippen molar-refractivity contribution in [2.24, 2.45) is 0 Å². The van der Waals surface area contributed by atoms with Gasteiger partial charge in [-0.25, -0.2) is 0 Å². The Bertz CT molecular complexity index is 937. The van der Waals surface area contributed by atoms with Gasteiger partial charge in [-0.2, -0.15) is 0 Å². The summed E-state index contributed by atoms with van der Waals surface area (Å²) in [5.74, 6) is -0.441. The number of nitrogens with one attached hydrogen (secondary N) is 1. The van der Waals surface area contributed by atoms with Gasteiger partial charge in [0.1, 0.15) is 0 Å². The van der Waals surface area contributed by atoms with E-state index in [-0.39, 0.29) is 17.5 Å². The molecule has 1 saturated heterocycles. The van der Waals surface area contributed by atoms with Crippen molar-refractivity contribution in [3.63, 3.8) is 0 Å². The summed E-state index contributed by atoms with van der Waals surface area (Å²) in [4.78, 5) is 39.4. The minimum Gasteiger partial charge on any atom is -0.371 e. The van der Waals surface area contributed by atoms with Crippen LogP contribution in [0, 0.1) is 10.1 Å². The minimum absolute atomic E-state index is 0.0950. The zero-order valence-corrected chi connectivity index (χ0v) is 17.3. The molecule has 2 aromatic carbocycles. The first-order valence-electron chi connectivity index (χ1n) is 10.0. The molecule has 2 aromatic rings. The Labute approximate surface area is 175 Å². The smallest absolute Gasteiger partial charge is 0.270 e. The van der Waals surface area contributed by atoms with Gasteiger partial charge in [-0.3, -0.25) is 19.7 Å². The first kappa shape index (κ1) is 21.3. The highest BCUT2D eigenvalue weighted by Crippen LogP contribution is 2.29. The summed E-state index contributed by atoms with van der Waals surface area (Å²) in [7, 11) is 3.25. The normalized spacial score (nSPS) is 13.6. The number of carbonyl (C=O) groups excluding carboxylic acids is 2. The van der Waals surface area contributed by atoms with Crippen molar-refractivity contribution in [3.8, 4) is 0 Å². The molecule has 0 bridgehead atoms. The predicted molar refractivity (Wildman–Crippen MR) is 115 cm³/mol. The van der Waals surface area contributed by atoms with Crippen molar-refractivity contribution in [3.05, 3.63) is 69.3 Å². The second-order valence-electron chi connectivity index (χ2n) is 7.44. The molecule has 30 heavy (non-hydrogen) atoms. The average Bonchev–Trinajstić information content (AvgIpc) is 2.78. The maximum Gasteiger partial charge on any atom is 0.270 e. The van der Waals surface area contributed by atoms with Crippen LogP contribution in [0.3, 0.4) is 0 Å². The van der Waals surface area contributed by atoms with Gasteiger partial charge < -0.3 is 15.1 Å². The quantitative estimate of drug-likeness (QED) is 0.583. The number of nitrogens with zero attached hydrogens (tertiary/aromatic N) is 3. The largest absolute Gasteiger partial charge is 0.371 e. The fourth-order valence-corrected chi connectivity index (χ4v) is 3.68. The Hall–Kier alpha value is -3.42. The number of nitro benzene ring substituents is 1. The fourth-order valence-electron chi connectivity index (χ4n) is 3.68. The summed E-state index contributed by atoms with van der Waals surface area (Å²) in [5, 5.41) is 13.8. The topological polar surface area (TPSA) is 95.8 Å². The molecule has 1 aliphatic heterocycles. The molecule has 0 aliphatic carbocycles. The van der Waals surface area contributed by atoms with Crippen molar-refractivity contribution >= 4 is 23.2 Å². The van der Waals surface area contributed by atoms with E-state index in [1.165, 1.54) is 12.1 Å². The molecule has 0 spiro atoms. The maximum atomic E-state index is 13.2.